The van der Waals surface area contributed by atoms with Crippen LogP contribution in [0.1, 0.15) is 0 Å². The monoisotopic (exact) mass is 180 g/mol. The fourth-order valence-corrected chi connectivity index (χ4v) is 0.283. The molecule has 0 unspecified atom stereocenters. The molecule has 0 saturated carbocycles. The maximum Gasteiger partial charge on any atom is 2.00 e. The summed E-state index contributed by atoms with van der Waals surface area (Å²) in [7, 11) is -4.76. The molecular weight excluding hydrogens is 178 g/mol. The second-order valence-electron chi connectivity index (χ2n) is 0.781. The van der Waals surface area contributed by atoms with Crippen LogP contribution in [0.3, 0.4) is 0 Å². The van der Waals surface area contributed by atoms with Gasteiger partial charge in [-0.15, -0.1) is 0 Å². The second kappa shape index (κ2) is 5.56. The van der Waals surface area contributed by atoms with Crippen molar-refractivity contribution >= 4 is 63.4 Å². The quantitative estimate of drug-likeness (QED) is 0.409. The molecule has 0 aliphatic heterocycles. The van der Waals surface area contributed by atoms with Gasteiger partial charge in [-0.1, -0.05) is 4.53 Å². The third kappa shape index (κ3) is 5.91. The van der Waals surface area contributed by atoms with Crippen LogP contribution in [0.4, 0.5) is 4.53 Å². The summed E-state index contributed by atoms with van der Waals surface area (Å²) in [6.45, 7) is 0. The molecule has 0 aliphatic carbocycles. The van der Waals surface area contributed by atoms with Crippen LogP contribution in [0.5, 0.6) is 0 Å². The van der Waals surface area contributed by atoms with Crippen molar-refractivity contribution in [3.05, 3.63) is 0 Å². The Morgan fingerprint density at radius 2 is 1.88 bits per heavy atom. The Hall–Kier alpha value is 1.78. The molecule has 0 bridgehead atoms. The molecule has 0 saturated heterocycles. The third-order valence-corrected chi connectivity index (χ3v) is 2.53. The van der Waals surface area contributed by atoms with Gasteiger partial charge < -0.3 is 13.1 Å². The fourth-order valence-electron chi connectivity index (χ4n) is 0.0315. The van der Waals surface area contributed by atoms with E-state index in [2.05, 4.69) is 8.11 Å². The molecule has 0 N–H and O–H groups in total. The van der Waals surface area contributed by atoms with Gasteiger partial charge in [0.15, 0.2) is 9.05 Å². The van der Waals surface area contributed by atoms with E-state index in [1.807, 2.05) is 0 Å². The van der Waals surface area contributed by atoms with Gasteiger partial charge in [0, 0.05) is 0 Å². The standard InChI is InChI=1S/Al.Ca.FO4Si.2H/c;;1-5-6(2,3)4;;/q+1;+2;-3;;. The Bertz CT molecular complexity index is 54.0. The van der Waals surface area contributed by atoms with Gasteiger partial charge in [0.25, 0.3) is 0 Å². The average Bonchev–Trinajstić information content (AvgIpc) is 1.68. The van der Waals surface area contributed by atoms with Crippen molar-refractivity contribution in [3.8, 4) is 0 Å². The Morgan fingerprint density at radius 3 is 1.88 bits per heavy atom. The van der Waals surface area contributed by atoms with Crippen molar-refractivity contribution in [1.29, 1.82) is 0 Å². The summed E-state index contributed by atoms with van der Waals surface area (Å²) in [6, 6.07) is 0. The molecule has 0 fully saturated rings. The second-order valence-corrected chi connectivity index (χ2v) is 3.57. The summed E-state index contributed by atoms with van der Waals surface area (Å²) in [6.07, 6.45) is 0. The van der Waals surface area contributed by atoms with E-state index in [9.17, 15) is 14.1 Å². The van der Waals surface area contributed by atoms with Crippen LogP contribution in [0, 0.1) is 0 Å². The number of rotatable bonds is 2. The topological polar surface area (TPSA) is 64.6 Å². The first-order valence-electron chi connectivity index (χ1n) is 1.38. The van der Waals surface area contributed by atoms with E-state index >= 15 is 0 Å². The van der Waals surface area contributed by atoms with E-state index in [1.165, 1.54) is 0 Å². The van der Waals surface area contributed by atoms with Crippen molar-refractivity contribution in [2.45, 2.75) is 0 Å². The van der Waals surface area contributed by atoms with Gasteiger partial charge >= 0.3 is 54.4 Å². The van der Waals surface area contributed by atoms with E-state index in [-0.39, 0.29) is 54.4 Å². The summed E-state index contributed by atoms with van der Waals surface area (Å²) in [5.41, 5.74) is 0. The molecule has 4 nitrogen and oxygen atoms in total. The van der Waals surface area contributed by atoms with Crippen molar-refractivity contribution in [3.63, 3.8) is 0 Å². The Kier molecular flexibility index (Phi) is 8.65. The summed E-state index contributed by atoms with van der Waals surface area (Å²) in [4.78, 5) is 19.3. The number of halogens is 1. The first-order valence-corrected chi connectivity index (χ1v) is 3.83. The zero-order valence-corrected chi connectivity index (χ0v) is 9.43. The summed E-state index contributed by atoms with van der Waals surface area (Å²) < 4.78 is 16.7. The Morgan fingerprint density at radius 1 is 1.50 bits per heavy atom. The molecule has 0 atom stereocenters. The molecular formula is H2AlCaFO4Si. The SMILES string of the molecule is [Ca+2].[O-][Si]([O-])(OF)[O][AlH2]. The van der Waals surface area contributed by atoms with Crippen molar-refractivity contribution < 1.29 is 22.2 Å². The molecule has 0 aliphatic rings. The van der Waals surface area contributed by atoms with Crippen molar-refractivity contribution in [2.75, 3.05) is 0 Å². The van der Waals surface area contributed by atoms with Crippen LogP contribution < -0.4 is 9.59 Å². The minimum Gasteiger partial charge on any atom is -0.827 e. The molecule has 0 aromatic carbocycles. The van der Waals surface area contributed by atoms with Crippen molar-refractivity contribution in [1.82, 2.24) is 0 Å². The van der Waals surface area contributed by atoms with E-state index < -0.39 is 9.05 Å². The van der Waals surface area contributed by atoms with Crippen LogP contribution in [-0.4, -0.2) is 63.4 Å². The zero-order valence-electron chi connectivity index (χ0n) is 4.22. The Balaban J connectivity index is 0. The van der Waals surface area contributed by atoms with E-state index in [1.54, 1.807) is 0 Å². The van der Waals surface area contributed by atoms with E-state index in [4.69, 9.17) is 0 Å². The zero-order chi connectivity index (χ0) is 5.91. The first kappa shape index (κ1) is 12.5. The molecule has 42 valence electrons. The molecule has 0 aromatic heterocycles. The van der Waals surface area contributed by atoms with Gasteiger partial charge in [0.1, 0.15) is 0 Å². The normalized spacial score (nSPS) is 10.4. The summed E-state index contributed by atoms with van der Waals surface area (Å²) >= 11 is -0.0713. The van der Waals surface area contributed by atoms with E-state index in [0.717, 1.165) is 0 Å². The van der Waals surface area contributed by atoms with Crippen LogP contribution in [-0.2, 0) is 8.11 Å². The first-order chi connectivity index (χ1) is 3.12. The summed E-state index contributed by atoms with van der Waals surface area (Å²) in [5, 5.41) is 0. The largest absolute Gasteiger partial charge is 2.00 e. The third-order valence-electron chi connectivity index (χ3n) is 0.344. The van der Waals surface area contributed by atoms with Crippen LogP contribution in [0.2, 0.25) is 0 Å². The molecule has 0 rings (SSSR count). The summed E-state index contributed by atoms with van der Waals surface area (Å²) in [5.74, 6) is 0. The fraction of sp³-hybridized carbons (Fsp3) is 0. The van der Waals surface area contributed by atoms with Gasteiger partial charge in [0.05, 0.1) is 0 Å². The smallest absolute Gasteiger partial charge is 0.827 e. The molecule has 0 radical (unpaired) electrons. The molecule has 0 aromatic rings. The van der Waals surface area contributed by atoms with Gasteiger partial charge in [-0.25, -0.2) is 0 Å². The van der Waals surface area contributed by atoms with Gasteiger partial charge in [-0.2, -0.15) is 0 Å². The number of hydrogen-bond acceptors (Lipinski definition) is 4. The van der Waals surface area contributed by atoms with E-state index in [0.29, 0.717) is 0 Å². The van der Waals surface area contributed by atoms with Crippen LogP contribution >= 0.6 is 0 Å². The van der Waals surface area contributed by atoms with Gasteiger partial charge in [-0.05, 0) is 0 Å². The predicted octanol–water partition coefficient (Wildman–Crippen LogP) is -3.77. The molecule has 8 heteroatoms. The predicted molar refractivity (Wildman–Crippen MR) is 23.3 cm³/mol. The van der Waals surface area contributed by atoms with Crippen molar-refractivity contribution in [2.24, 2.45) is 0 Å². The molecule has 0 amide bonds. The Labute approximate surface area is 84.7 Å². The minimum atomic E-state index is -4.76. The average molecular weight is 180 g/mol. The van der Waals surface area contributed by atoms with Gasteiger partial charge in [0.2, 0.25) is 0 Å². The maximum absolute atomic E-state index is 10.6. The molecule has 0 spiro atoms. The van der Waals surface area contributed by atoms with Gasteiger partial charge in [-0.3, -0.25) is 4.63 Å². The number of hydrogen-bond donors (Lipinski definition) is 0. The van der Waals surface area contributed by atoms with Crippen LogP contribution in [0.15, 0.2) is 0 Å². The maximum atomic E-state index is 10.6. The molecule has 0 heterocycles. The molecule has 8 heavy (non-hydrogen) atoms. The minimum absolute atomic E-state index is 0. The van der Waals surface area contributed by atoms with Crippen LogP contribution in [0.25, 0.3) is 0 Å².